The van der Waals surface area contributed by atoms with Crippen LogP contribution in [0.5, 0.6) is 0 Å². The van der Waals surface area contributed by atoms with Crippen molar-refractivity contribution < 1.29 is 13.2 Å². The van der Waals surface area contributed by atoms with E-state index in [0.717, 1.165) is 9.87 Å². The number of amides is 1. The van der Waals surface area contributed by atoms with Crippen molar-refractivity contribution >= 4 is 33.2 Å². The summed E-state index contributed by atoms with van der Waals surface area (Å²) in [7, 11) is -3.90. The molecule has 1 N–H and O–H groups in total. The van der Waals surface area contributed by atoms with Gasteiger partial charge in [-0.2, -0.15) is 0 Å². The Balaban J connectivity index is 2.44. The third-order valence-corrected chi connectivity index (χ3v) is 5.50. The highest BCUT2D eigenvalue weighted by molar-refractivity contribution is 7.92. The fourth-order valence-corrected chi connectivity index (χ4v) is 3.80. The van der Waals surface area contributed by atoms with E-state index in [2.05, 4.69) is 5.32 Å². The van der Waals surface area contributed by atoms with Crippen LogP contribution in [-0.2, 0) is 14.8 Å². The molecule has 2 rings (SSSR count). The van der Waals surface area contributed by atoms with E-state index in [-0.39, 0.29) is 23.4 Å². The second-order valence-electron chi connectivity index (χ2n) is 6.02. The molecule has 25 heavy (non-hydrogen) atoms. The predicted molar refractivity (Wildman–Crippen MR) is 100 cm³/mol. The molecule has 0 aliphatic rings. The fourth-order valence-electron chi connectivity index (χ4n) is 2.26. The minimum absolute atomic E-state index is 0.0781. The van der Waals surface area contributed by atoms with Gasteiger partial charge in [-0.1, -0.05) is 29.3 Å². The lowest BCUT2D eigenvalue weighted by atomic mass is 10.2. The van der Waals surface area contributed by atoms with Gasteiger partial charge < -0.3 is 5.32 Å². The number of rotatable bonds is 6. The van der Waals surface area contributed by atoms with Crippen LogP contribution < -0.4 is 9.62 Å². The molecule has 5 nitrogen and oxygen atoms in total. The first-order chi connectivity index (χ1) is 11.7. The predicted octanol–water partition coefficient (Wildman–Crippen LogP) is 3.37. The van der Waals surface area contributed by atoms with Crippen LogP contribution >= 0.6 is 11.6 Å². The molecule has 0 saturated heterocycles. The van der Waals surface area contributed by atoms with E-state index in [0.29, 0.717) is 10.7 Å². The number of aryl methyl sites for hydroxylation is 1. The molecule has 0 aromatic heterocycles. The number of nitrogens with zero attached hydrogens (tertiary/aromatic N) is 1. The Morgan fingerprint density at radius 3 is 2.16 bits per heavy atom. The van der Waals surface area contributed by atoms with E-state index >= 15 is 0 Å². The van der Waals surface area contributed by atoms with Crippen molar-refractivity contribution in [2.45, 2.75) is 31.7 Å². The lowest BCUT2D eigenvalue weighted by Gasteiger charge is -2.24. The summed E-state index contributed by atoms with van der Waals surface area (Å²) in [6, 6.07) is 12.8. The van der Waals surface area contributed by atoms with Crippen molar-refractivity contribution in [2.24, 2.45) is 0 Å². The maximum absolute atomic E-state index is 13.1. The summed E-state index contributed by atoms with van der Waals surface area (Å²) >= 11 is 5.84. The summed E-state index contributed by atoms with van der Waals surface area (Å²) in [5.41, 5.74) is 1.43. The first kappa shape index (κ1) is 19.3. The molecule has 0 atom stereocenters. The molecule has 7 heteroatoms. The zero-order chi connectivity index (χ0) is 18.6. The van der Waals surface area contributed by atoms with Gasteiger partial charge in [-0.3, -0.25) is 9.10 Å². The smallest absolute Gasteiger partial charge is 0.264 e. The van der Waals surface area contributed by atoms with E-state index in [1.54, 1.807) is 24.3 Å². The standard InChI is InChI=1S/C18H21ClN2O3S/c1-13(2)20-18(22)12-21(16-8-4-14(3)5-9-16)25(23,24)17-10-6-15(19)7-11-17/h4-11,13H,12H2,1-3H3,(H,20,22). The number of halogens is 1. The number of hydrogen-bond donors (Lipinski definition) is 1. The lowest BCUT2D eigenvalue weighted by molar-refractivity contribution is -0.120. The van der Waals surface area contributed by atoms with Gasteiger partial charge >= 0.3 is 0 Å². The van der Waals surface area contributed by atoms with E-state index in [9.17, 15) is 13.2 Å². The van der Waals surface area contributed by atoms with Crippen molar-refractivity contribution in [3.8, 4) is 0 Å². The number of nitrogens with one attached hydrogen (secondary N) is 1. The van der Waals surface area contributed by atoms with Gasteiger partial charge in [0.1, 0.15) is 6.54 Å². The topological polar surface area (TPSA) is 66.5 Å². The van der Waals surface area contributed by atoms with Crippen LogP contribution in [0.2, 0.25) is 5.02 Å². The second-order valence-corrected chi connectivity index (χ2v) is 8.32. The maximum atomic E-state index is 13.1. The van der Waals surface area contributed by atoms with Gasteiger partial charge in [0.05, 0.1) is 10.6 Å². The van der Waals surface area contributed by atoms with Crippen LogP contribution in [0.25, 0.3) is 0 Å². The van der Waals surface area contributed by atoms with E-state index < -0.39 is 10.0 Å². The molecule has 0 bridgehead atoms. The molecule has 0 aliphatic heterocycles. The van der Waals surface area contributed by atoms with Crippen LogP contribution in [-0.4, -0.2) is 26.9 Å². The SMILES string of the molecule is Cc1ccc(N(CC(=O)NC(C)C)S(=O)(=O)c2ccc(Cl)cc2)cc1. The van der Waals surface area contributed by atoms with Crippen LogP contribution in [0.1, 0.15) is 19.4 Å². The molecular weight excluding hydrogens is 360 g/mol. The van der Waals surface area contributed by atoms with Gasteiger partial charge in [0, 0.05) is 11.1 Å². The first-order valence-corrected chi connectivity index (χ1v) is 9.66. The highest BCUT2D eigenvalue weighted by Crippen LogP contribution is 2.25. The molecule has 0 saturated carbocycles. The largest absolute Gasteiger partial charge is 0.352 e. The molecule has 1 amide bonds. The van der Waals surface area contributed by atoms with Gasteiger partial charge in [-0.05, 0) is 57.2 Å². The van der Waals surface area contributed by atoms with Gasteiger partial charge in [0.2, 0.25) is 5.91 Å². The Morgan fingerprint density at radius 1 is 1.08 bits per heavy atom. The minimum atomic E-state index is -3.90. The fraction of sp³-hybridized carbons (Fsp3) is 0.278. The summed E-state index contributed by atoms with van der Waals surface area (Å²) in [6.45, 7) is 5.25. The summed E-state index contributed by atoms with van der Waals surface area (Å²) in [5, 5.41) is 3.16. The number of anilines is 1. The Labute approximate surface area is 153 Å². The summed E-state index contributed by atoms with van der Waals surface area (Å²) < 4.78 is 27.2. The Hall–Kier alpha value is -2.05. The number of hydrogen-bond acceptors (Lipinski definition) is 3. The minimum Gasteiger partial charge on any atom is -0.352 e. The molecule has 0 spiro atoms. The quantitative estimate of drug-likeness (QED) is 0.835. The molecule has 0 heterocycles. The van der Waals surface area contributed by atoms with E-state index in [1.807, 2.05) is 20.8 Å². The zero-order valence-electron chi connectivity index (χ0n) is 14.4. The zero-order valence-corrected chi connectivity index (χ0v) is 15.9. The van der Waals surface area contributed by atoms with E-state index in [1.165, 1.54) is 24.3 Å². The summed E-state index contributed by atoms with van der Waals surface area (Å²) in [5.74, 6) is -0.367. The normalized spacial score (nSPS) is 11.4. The van der Waals surface area contributed by atoms with Gasteiger partial charge in [-0.25, -0.2) is 8.42 Å². The van der Waals surface area contributed by atoms with Crippen LogP contribution in [0, 0.1) is 6.92 Å². The van der Waals surface area contributed by atoms with Crippen molar-refractivity contribution in [1.29, 1.82) is 0 Å². The molecule has 0 aliphatic carbocycles. The highest BCUT2D eigenvalue weighted by atomic mass is 35.5. The molecular formula is C18H21ClN2O3S. The molecule has 2 aromatic rings. The number of sulfonamides is 1. The van der Waals surface area contributed by atoms with Crippen LogP contribution in [0.3, 0.4) is 0 Å². The van der Waals surface area contributed by atoms with Gasteiger partial charge in [0.15, 0.2) is 0 Å². The van der Waals surface area contributed by atoms with Gasteiger partial charge in [0.25, 0.3) is 10.0 Å². The molecule has 0 radical (unpaired) electrons. The third kappa shape index (κ3) is 4.96. The molecule has 134 valence electrons. The van der Waals surface area contributed by atoms with E-state index in [4.69, 9.17) is 11.6 Å². The van der Waals surface area contributed by atoms with Crippen molar-refractivity contribution in [1.82, 2.24) is 5.32 Å². The van der Waals surface area contributed by atoms with Crippen molar-refractivity contribution in [2.75, 3.05) is 10.8 Å². The van der Waals surface area contributed by atoms with Crippen LogP contribution in [0.15, 0.2) is 53.4 Å². The number of carbonyl (C=O) groups is 1. The van der Waals surface area contributed by atoms with Gasteiger partial charge in [-0.15, -0.1) is 0 Å². The maximum Gasteiger partial charge on any atom is 0.264 e. The lowest BCUT2D eigenvalue weighted by Crippen LogP contribution is -2.42. The van der Waals surface area contributed by atoms with Crippen LogP contribution in [0.4, 0.5) is 5.69 Å². The molecule has 0 unspecified atom stereocenters. The van der Waals surface area contributed by atoms with Crippen molar-refractivity contribution in [3.63, 3.8) is 0 Å². The average molecular weight is 381 g/mol. The Kier molecular flexibility index (Phi) is 6.08. The Bertz CT molecular complexity index is 832. The Morgan fingerprint density at radius 2 is 1.64 bits per heavy atom. The summed E-state index contributed by atoms with van der Waals surface area (Å²) in [4.78, 5) is 12.3. The molecule has 0 fully saturated rings. The van der Waals surface area contributed by atoms with Crippen molar-refractivity contribution in [3.05, 3.63) is 59.1 Å². The first-order valence-electron chi connectivity index (χ1n) is 7.84. The second kappa shape index (κ2) is 7.89. The number of carbonyl (C=O) groups excluding carboxylic acids is 1. The molecule has 2 aromatic carbocycles. The average Bonchev–Trinajstić information content (AvgIpc) is 2.53. The monoisotopic (exact) mass is 380 g/mol. The highest BCUT2D eigenvalue weighted by Gasteiger charge is 2.27. The summed E-state index contributed by atoms with van der Waals surface area (Å²) in [6.07, 6.45) is 0. The number of benzene rings is 2. The third-order valence-electron chi connectivity index (χ3n) is 3.46.